The van der Waals surface area contributed by atoms with Gasteiger partial charge in [0, 0.05) is 6.61 Å². The van der Waals surface area contributed by atoms with Gasteiger partial charge in [-0.25, -0.2) is 0 Å². The number of hydrogen-bond acceptors (Lipinski definition) is 1. The van der Waals surface area contributed by atoms with Crippen molar-refractivity contribution in [2.24, 2.45) is 11.8 Å². The van der Waals surface area contributed by atoms with Crippen LogP contribution in [0, 0.1) is 11.8 Å². The van der Waals surface area contributed by atoms with Crippen LogP contribution in [0.15, 0.2) is 0 Å². The monoisotopic (exact) mass is 184 g/mol. The van der Waals surface area contributed by atoms with Gasteiger partial charge in [-0.3, -0.25) is 0 Å². The predicted molar refractivity (Wildman–Crippen MR) is 56.7 cm³/mol. The molecule has 0 aliphatic heterocycles. The SMILES string of the molecule is CC[C@H](CO)C1CCCCCCC1. The van der Waals surface area contributed by atoms with Crippen LogP contribution in [0.3, 0.4) is 0 Å². The van der Waals surface area contributed by atoms with Gasteiger partial charge in [0.25, 0.3) is 0 Å². The van der Waals surface area contributed by atoms with Crippen LogP contribution in [-0.4, -0.2) is 11.7 Å². The molecule has 0 aromatic carbocycles. The molecular weight excluding hydrogens is 160 g/mol. The normalized spacial score (nSPS) is 23.5. The summed E-state index contributed by atoms with van der Waals surface area (Å²) in [6, 6.07) is 0. The molecule has 1 aliphatic carbocycles. The standard InChI is InChI=1S/C12H24O/c1-2-11(10-13)12-8-6-4-3-5-7-9-12/h11-13H,2-10H2,1H3/t11-/m1/s1. The van der Waals surface area contributed by atoms with Gasteiger partial charge < -0.3 is 5.11 Å². The largest absolute Gasteiger partial charge is 0.396 e. The van der Waals surface area contributed by atoms with Crippen molar-refractivity contribution >= 4 is 0 Å². The molecule has 1 nitrogen and oxygen atoms in total. The number of rotatable bonds is 3. The molecule has 1 aliphatic rings. The zero-order valence-electron chi connectivity index (χ0n) is 8.97. The Kier molecular flexibility index (Phi) is 5.45. The summed E-state index contributed by atoms with van der Waals surface area (Å²) in [6.07, 6.45) is 10.9. The van der Waals surface area contributed by atoms with E-state index in [1.54, 1.807) is 0 Å². The van der Waals surface area contributed by atoms with E-state index in [0.29, 0.717) is 12.5 Å². The molecular formula is C12H24O. The van der Waals surface area contributed by atoms with Crippen molar-refractivity contribution in [2.45, 2.75) is 58.3 Å². The van der Waals surface area contributed by atoms with Crippen LogP contribution in [0.25, 0.3) is 0 Å². The highest BCUT2D eigenvalue weighted by Gasteiger charge is 2.19. The number of aliphatic hydroxyl groups excluding tert-OH is 1. The number of hydrogen-bond donors (Lipinski definition) is 1. The number of aliphatic hydroxyl groups is 1. The molecule has 1 N–H and O–H groups in total. The van der Waals surface area contributed by atoms with Crippen molar-refractivity contribution in [3.8, 4) is 0 Å². The maximum Gasteiger partial charge on any atom is 0.0461 e. The van der Waals surface area contributed by atoms with Gasteiger partial charge in [0.2, 0.25) is 0 Å². The third-order valence-corrected chi connectivity index (χ3v) is 3.58. The fourth-order valence-electron chi connectivity index (χ4n) is 2.57. The van der Waals surface area contributed by atoms with Gasteiger partial charge in [0.15, 0.2) is 0 Å². The van der Waals surface area contributed by atoms with Crippen LogP contribution in [0.4, 0.5) is 0 Å². The molecule has 13 heavy (non-hydrogen) atoms. The van der Waals surface area contributed by atoms with E-state index in [-0.39, 0.29) is 0 Å². The highest BCUT2D eigenvalue weighted by molar-refractivity contribution is 4.70. The van der Waals surface area contributed by atoms with Gasteiger partial charge in [0.05, 0.1) is 0 Å². The quantitative estimate of drug-likeness (QED) is 0.713. The molecule has 0 amide bonds. The molecule has 1 heteroatoms. The van der Waals surface area contributed by atoms with E-state index in [1.165, 1.54) is 44.9 Å². The first-order valence-electron chi connectivity index (χ1n) is 5.99. The minimum absolute atomic E-state index is 0.404. The van der Waals surface area contributed by atoms with Gasteiger partial charge in [-0.1, -0.05) is 58.3 Å². The molecule has 0 radical (unpaired) electrons. The van der Waals surface area contributed by atoms with Crippen LogP contribution in [0.1, 0.15) is 58.3 Å². The van der Waals surface area contributed by atoms with Crippen molar-refractivity contribution < 1.29 is 5.11 Å². The van der Waals surface area contributed by atoms with Crippen LogP contribution in [0.5, 0.6) is 0 Å². The summed E-state index contributed by atoms with van der Waals surface area (Å²) in [5.74, 6) is 1.40. The summed E-state index contributed by atoms with van der Waals surface area (Å²) >= 11 is 0. The minimum atomic E-state index is 0.404. The highest BCUT2D eigenvalue weighted by Crippen LogP contribution is 2.29. The molecule has 0 spiro atoms. The van der Waals surface area contributed by atoms with Crippen LogP contribution < -0.4 is 0 Å². The fraction of sp³-hybridized carbons (Fsp3) is 1.00. The van der Waals surface area contributed by atoms with Gasteiger partial charge >= 0.3 is 0 Å². The van der Waals surface area contributed by atoms with E-state index >= 15 is 0 Å². The molecule has 78 valence electrons. The summed E-state index contributed by atoms with van der Waals surface area (Å²) in [4.78, 5) is 0. The van der Waals surface area contributed by atoms with Gasteiger partial charge in [-0.2, -0.15) is 0 Å². The average molecular weight is 184 g/mol. The molecule has 0 heterocycles. The zero-order chi connectivity index (χ0) is 9.52. The summed E-state index contributed by atoms with van der Waals surface area (Å²) in [6.45, 7) is 2.61. The van der Waals surface area contributed by atoms with E-state index in [9.17, 15) is 5.11 Å². The molecule has 1 atom stereocenters. The first-order chi connectivity index (χ1) is 6.38. The Labute approximate surface area is 82.5 Å². The Morgan fingerprint density at radius 3 is 2.08 bits per heavy atom. The van der Waals surface area contributed by atoms with E-state index in [2.05, 4.69) is 6.92 Å². The lowest BCUT2D eigenvalue weighted by Crippen LogP contribution is -2.19. The first kappa shape index (κ1) is 11.0. The summed E-state index contributed by atoms with van der Waals surface area (Å²) in [7, 11) is 0. The minimum Gasteiger partial charge on any atom is -0.396 e. The summed E-state index contributed by atoms with van der Waals surface area (Å²) in [5.41, 5.74) is 0. The molecule has 1 saturated carbocycles. The van der Waals surface area contributed by atoms with E-state index in [0.717, 1.165) is 12.3 Å². The van der Waals surface area contributed by atoms with Crippen molar-refractivity contribution in [1.82, 2.24) is 0 Å². The van der Waals surface area contributed by atoms with Gasteiger partial charge in [0.1, 0.15) is 0 Å². The fourth-order valence-corrected chi connectivity index (χ4v) is 2.57. The van der Waals surface area contributed by atoms with Crippen molar-refractivity contribution in [3.63, 3.8) is 0 Å². The summed E-state index contributed by atoms with van der Waals surface area (Å²) < 4.78 is 0. The third kappa shape index (κ3) is 3.68. The molecule has 0 bridgehead atoms. The molecule has 1 fully saturated rings. The second-order valence-electron chi connectivity index (χ2n) is 4.46. The smallest absolute Gasteiger partial charge is 0.0461 e. The second kappa shape index (κ2) is 6.42. The Morgan fingerprint density at radius 1 is 1.08 bits per heavy atom. The Hall–Kier alpha value is -0.0400. The molecule has 0 unspecified atom stereocenters. The second-order valence-corrected chi connectivity index (χ2v) is 4.46. The van der Waals surface area contributed by atoms with Crippen LogP contribution in [0.2, 0.25) is 0 Å². The molecule has 1 rings (SSSR count). The molecule has 0 saturated heterocycles. The van der Waals surface area contributed by atoms with Gasteiger partial charge in [-0.05, 0) is 11.8 Å². The van der Waals surface area contributed by atoms with E-state index < -0.39 is 0 Å². The zero-order valence-corrected chi connectivity index (χ0v) is 8.97. The van der Waals surface area contributed by atoms with Gasteiger partial charge in [-0.15, -0.1) is 0 Å². The Balaban J connectivity index is 2.35. The van der Waals surface area contributed by atoms with E-state index in [1.807, 2.05) is 0 Å². The predicted octanol–water partition coefficient (Wildman–Crippen LogP) is 3.37. The third-order valence-electron chi connectivity index (χ3n) is 3.58. The van der Waals surface area contributed by atoms with Crippen LogP contribution in [-0.2, 0) is 0 Å². The molecule has 0 aromatic heterocycles. The lowest BCUT2D eigenvalue weighted by Gasteiger charge is -2.26. The summed E-state index contributed by atoms with van der Waals surface area (Å²) in [5, 5.41) is 9.24. The van der Waals surface area contributed by atoms with Crippen molar-refractivity contribution in [2.75, 3.05) is 6.61 Å². The Bertz CT molecular complexity index is 110. The highest BCUT2D eigenvalue weighted by atomic mass is 16.3. The van der Waals surface area contributed by atoms with Crippen molar-refractivity contribution in [1.29, 1.82) is 0 Å². The lowest BCUT2D eigenvalue weighted by molar-refractivity contribution is 0.151. The van der Waals surface area contributed by atoms with Crippen molar-refractivity contribution in [3.05, 3.63) is 0 Å². The maximum atomic E-state index is 9.24. The first-order valence-corrected chi connectivity index (χ1v) is 5.99. The average Bonchev–Trinajstić information content (AvgIpc) is 2.09. The topological polar surface area (TPSA) is 20.2 Å². The maximum absolute atomic E-state index is 9.24. The molecule has 0 aromatic rings. The van der Waals surface area contributed by atoms with E-state index in [4.69, 9.17) is 0 Å². The Morgan fingerprint density at radius 2 is 1.62 bits per heavy atom. The lowest BCUT2D eigenvalue weighted by atomic mass is 9.81. The van der Waals surface area contributed by atoms with Crippen LogP contribution >= 0.6 is 0 Å².